The smallest absolute Gasteiger partial charge is 0.337 e. The van der Waals surface area contributed by atoms with E-state index in [2.05, 4.69) is 15.0 Å². The van der Waals surface area contributed by atoms with Crippen molar-refractivity contribution in [3.05, 3.63) is 41.0 Å². The fraction of sp³-hybridized carbons (Fsp3) is 0.278. The second-order valence-corrected chi connectivity index (χ2v) is 6.56. The molecule has 2 aromatic heterocycles. The molecule has 0 radical (unpaired) electrons. The number of hydrogen-bond acceptors (Lipinski definition) is 7. The van der Waals surface area contributed by atoms with Gasteiger partial charge in [-0.25, -0.2) is 9.78 Å². The van der Waals surface area contributed by atoms with Crippen LogP contribution in [-0.2, 0) is 0 Å². The van der Waals surface area contributed by atoms with Gasteiger partial charge in [-0.3, -0.25) is 0 Å². The SMILES string of the molecule is COc1cccc2onc(N3CCN(c4ncc(C(=O)O)cc4Cl)CC3)c12. The second-order valence-electron chi connectivity index (χ2n) is 6.15. The summed E-state index contributed by atoms with van der Waals surface area (Å²) in [5, 5.41) is 14.4. The molecule has 0 bridgehead atoms. The first kappa shape index (κ1) is 17.4. The molecule has 3 heterocycles. The van der Waals surface area contributed by atoms with Crippen LogP contribution in [0.3, 0.4) is 0 Å². The fourth-order valence-corrected chi connectivity index (χ4v) is 3.53. The maximum absolute atomic E-state index is 11.0. The van der Waals surface area contributed by atoms with Gasteiger partial charge in [-0.2, -0.15) is 0 Å². The molecule has 0 amide bonds. The Morgan fingerprint density at radius 2 is 1.93 bits per heavy atom. The zero-order valence-electron chi connectivity index (χ0n) is 14.6. The summed E-state index contributed by atoms with van der Waals surface area (Å²) in [6.45, 7) is 2.72. The number of piperazine rings is 1. The molecule has 0 aliphatic carbocycles. The maximum Gasteiger partial charge on any atom is 0.337 e. The Balaban J connectivity index is 1.54. The minimum atomic E-state index is -1.05. The number of carboxylic acids is 1. The number of ether oxygens (including phenoxy) is 1. The number of methoxy groups -OCH3 is 1. The first-order valence-electron chi connectivity index (χ1n) is 8.39. The van der Waals surface area contributed by atoms with E-state index in [-0.39, 0.29) is 5.56 Å². The third-order valence-corrected chi connectivity index (χ3v) is 4.89. The Labute approximate surface area is 159 Å². The van der Waals surface area contributed by atoms with Gasteiger partial charge in [0.2, 0.25) is 0 Å². The molecule has 1 aliphatic heterocycles. The number of hydrogen-bond donors (Lipinski definition) is 1. The predicted octanol–water partition coefficient (Wildman–Crippen LogP) is 2.91. The number of aromatic carboxylic acids is 1. The second kappa shape index (κ2) is 6.96. The van der Waals surface area contributed by atoms with E-state index in [4.69, 9.17) is 26.0 Å². The monoisotopic (exact) mass is 388 g/mol. The van der Waals surface area contributed by atoms with Crippen LogP contribution in [0, 0.1) is 0 Å². The number of fused-ring (bicyclic) bond motifs is 1. The van der Waals surface area contributed by atoms with Gasteiger partial charge in [0.15, 0.2) is 11.4 Å². The Bertz CT molecular complexity index is 998. The van der Waals surface area contributed by atoms with E-state index in [0.29, 0.717) is 42.6 Å². The highest BCUT2D eigenvalue weighted by molar-refractivity contribution is 6.33. The summed E-state index contributed by atoms with van der Waals surface area (Å²) in [7, 11) is 1.62. The quantitative estimate of drug-likeness (QED) is 0.729. The van der Waals surface area contributed by atoms with Gasteiger partial charge in [-0.15, -0.1) is 0 Å². The summed E-state index contributed by atoms with van der Waals surface area (Å²) in [6.07, 6.45) is 1.33. The lowest BCUT2D eigenvalue weighted by molar-refractivity contribution is 0.0696. The van der Waals surface area contributed by atoms with Gasteiger partial charge in [0, 0.05) is 32.4 Å². The van der Waals surface area contributed by atoms with Crippen molar-refractivity contribution in [2.45, 2.75) is 0 Å². The Morgan fingerprint density at radius 1 is 1.22 bits per heavy atom. The summed E-state index contributed by atoms with van der Waals surface area (Å²) in [4.78, 5) is 19.4. The molecular weight excluding hydrogens is 372 g/mol. The first-order valence-corrected chi connectivity index (χ1v) is 8.77. The van der Waals surface area contributed by atoms with Crippen LogP contribution in [0.25, 0.3) is 11.0 Å². The molecule has 0 unspecified atom stereocenters. The van der Waals surface area contributed by atoms with Crippen molar-refractivity contribution in [3.63, 3.8) is 0 Å². The minimum Gasteiger partial charge on any atom is -0.496 e. The molecule has 3 aromatic rings. The van der Waals surface area contributed by atoms with Gasteiger partial charge in [0.1, 0.15) is 17.0 Å². The van der Waals surface area contributed by atoms with Gasteiger partial charge in [-0.05, 0) is 18.2 Å². The number of carboxylic acid groups (broad SMARTS) is 1. The van der Waals surface area contributed by atoms with Crippen molar-refractivity contribution in [1.29, 1.82) is 0 Å². The number of halogens is 1. The number of pyridine rings is 1. The minimum absolute atomic E-state index is 0.0727. The third-order valence-electron chi connectivity index (χ3n) is 4.61. The van der Waals surface area contributed by atoms with Crippen molar-refractivity contribution in [2.75, 3.05) is 43.1 Å². The molecule has 1 fully saturated rings. The summed E-state index contributed by atoms with van der Waals surface area (Å²) in [6, 6.07) is 7.03. The molecular formula is C18H17ClN4O4. The Morgan fingerprint density at radius 3 is 2.56 bits per heavy atom. The molecule has 8 nitrogen and oxygen atoms in total. The van der Waals surface area contributed by atoms with Crippen LogP contribution in [0.4, 0.5) is 11.6 Å². The molecule has 140 valence electrons. The van der Waals surface area contributed by atoms with Gasteiger partial charge < -0.3 is 24.2 Å². The Hall–Kier alpha value is -3.00. The average Bonchev–Trinajstić information content (AvgIpc) is 3.12. The Kier molecular flexibility index (Phi) is 4.49. The number of rotatable bonds is 4. The molecule has 27 heavy (non-hydrogen) atoms. The largest absolute Gasteiger partial charge is 0.496 e. The molecule has 4 rings (SSSR count). The number of aromatic nitrogens is 2. The summed E-state index contributed by atoms with van der Waals surface area (Å²) in [5.74, 6) is 1.01. The lowest BCUT2D eigenvalue weighted by Crippen LogP contribution is -2.47. The first-order chi connectivity index (χ1) is 13.1. The van der Waals surface area contributed by atoms with Crippen molar-refractivity contribution in [3.8, 4) is 5.75 Å². The summed E-state index contributed by atoms with van der Waals surface area (Å²) >= 11 is 6.24. The lowest BCUT2D eigenvalue weighted by atomic mass is 10.2. The van der Waals surface area contributed by atoms with Crippen molar-refractivity contribution >= 4 is 40.2 Å². The topological polar surface area (TPSA) is 91.9 Å². The number of anilines is 2. The normalized spacial score (nSPS) is 14.6. The zero-order valence-corrected chi connectivity index (χ0v) is 15.3. The molecule has 9 heteroatoms. The van der Waals surface area contributed by atoms with E-state index < -0.39 is 5.97 Å². The van der Waals surface area contributed by atoms with Crippen LogP contribution in [0.15, 0.2) is 35.0 Å². The molecule has 1 saturated heterocycles. The van der Waals surface area contributed by atoms with E-state index in [9.17, 15) is 4.79 Å². The zero-order chi connectivity index (χ0) is 19.0. The van der Waals surface area contributed by atoms with Crippen LogP contribution in [-0.4, -0.2) is 54.5 Å². The summed E-state index contributed by atoms with van der Waals surface area (Å²) < 4.78 is 10.9. The fourth-order valence-electron chi connectivity index (χ4n) is 3.24. The van der Waals surface area contributed by atoms with E-state index in [0.717, 1.165) is 17.0 Å². The maximum atomic E-state index is 11.0. The van der Waals surface area contributed by atoms with Crippen LogP contribution >= 0.6 is 11.6 Å². The van der Waals surface area contributed by atoms with Crippen LogP contribution < -0.4 is 14.5 Å². The summed E-state index contributed by atoms with van der Waals surface area (Å²) in [5.41, 5.74) is 0.754. The lowest BCUT2D eigenvalue weighted by Gasteiger charge is -2.35. The molecule has 1 aliphatic rings. The molecule has 1 aromatic carbocycles. The van der Waals surface area contributed by atoms with E-state index >= 15 is 0 Å². The predicted molar refractivity (Wildman–Crippen MR) is 101 cm³/mol. The van der Waals surface area contributed by atoms with E-state index in [1.54, 1.807) is 7.11 Å². The molecule has 0 atom stereocenters. The average molecular weight is 389 g/mol. The standard InChI is InChI=1S/C18H17ClN4O4/c1-26-13-3-2-4-14-15(13)17(21-27-14)23-7-5-22(6-8-23)16-12(19)9-11(10-20-16)18(24)25/h2-4,9-10H,5-8H2,1H3,(H,24,25). The molecule has 0 spiro atoms. The third kappa shape index (κ3) is 3.12. The van der Waals surface area contributed by atoms with Gasteiger partial charge in [-0.1, -0.05) is 22.8 Å². The number of benzene rings is 1. The highest BCUT2D eigenvalue weighted by Gasteiger charge is 2.25. The van der Waals surface area contributed by atoms with Crippen LogP contribution in [0.1, 0.15) is 10.4 Å². The molecule has 0 saturated carbocycles. The van der Waals surface area contributed by atoms with Crippen LogP contribution in [0.2, 0.25) is 5.02 Å². The van der Waals surface area contributed by atoms with Gasteiger partial charge in [0.05, 0.1) is 17.7 Å². The van der Waals surface area contributed by atoms with E-state index in [1.165, 1.54) is 12.3 Å². The van der Waals surface area contributed by atoms with Crippen molar-refractivity contribution in [2.24, 2.45) is 0 Å². The number of nitrogens with zero attached hydrogens (tertiary/aromatic N) is 4. The van der Waals surface area contributed by atoms with Crippen LogP contribution in [0.5, 0.6) is 5.75 Å². The van der Waals surface area contributed by atoms with Gasteiger partial charge >= 0.3 is 5.97 Å². The van der Waals surface area contributed by atoms with Gasteiger partial charge in [0.25, 0.3) is 0 Å². The van der Waals surface area contributed by atoms with Crippen molar-refractivity contribution in [1.82, 2.24) is 10.1 Å². The van der Waals surface area contributed by atoms with Crippen molar-refractivity contribution < 1.29 is 19.2 Å². The van der Waals surface area contributed by atoms with E-state index in [1.807, 2.05) is 23.1 Å². The molecule has 1 N–H and O–H groups in total. The highest BCUT2D eigenvalue weighted by atomic mass is 35.5. The highest BCUT2D eigenvalue weighted by Crippen LogP contribution is 2.35. The number of carbonyl (C=O) groups is 1.